The van der Waals surface area contributed by atoms with Gasteiger partial charge in [0.25, 0.3) is 5.56 Å². The monoisotopic (exact) mass is 337 g/mol. The van der Waals surface area contributed by atoms with Gasteiger partial charge in [0.2, 0.25) is 0 Å². The van der Waals surface area contributed by atoms with Crippen molar-refractivity contribution in [3.05, 3.63) is 52.0 Å². The van der Waals surface area contributed by atoms with E-state index in [1.165, 1.54) is 25.7 Å². The molecule has 0 bridgehead atoms. The Morgan fingerprint density at radius 1 is 1.04 bits per heavy atom. The van der Waals surface area contributed by atoms with Crippen molar-refractivity contribution in [2.24, 2.45) is 5.92 Å². The second-order valence-electron chi connectivity index (χ2n) is 7.79. The van der Waals surface area contributed by atoms with Gasteiger partial charge in [0.15, 0.2) is 0 Å². The van der Waals surface area contributed by atoms with Crippen molar-refractivity contribution in [3.63, 3.8) is 0 Å². The van der Waals surface area contributed by atoms with E-state index in [1.807, 2.05) is 18.3 Å². The summed E-state index contributed by atoms with van der Waals surface area (Å²) in [5, 5.41) is 4.57. The Hall–Kier alpha value is -2.08. The highest BCUT2D eigenvalue weighted by Gasteiger charge is 2.30. The summed E-state index contributed by atoms with van der Waals surface area (Å²) in [6.07, 6.45) is 6.78. The zero-order valence-electron chi connectivity index (χ0n) is 14.3. The summed E-state index contributed by atoms with van der Waals surface area (Å²) in [6.45, 7) is 3.62. The van der Waals surface area contributed by atoms with Crippen molar-refractivity contribution in [3.8, 4) is 0 Å². The fourth-order valence-corrected chi connectivity index (χ4v) is 3.63. The first-order chi connectivity index (χ1) is 12.2. The second-order valence-corrected chi connectivity index (χ2v) is 7.79. The molecule has 3 fully saturated rings. The van der Waals surface area contributed by atoms with E-state index in [0.717, 1.165) is 43.4 Å². The fraction of sp³-hybridized carbons (Fsp3) is 0.579. The lowest BCUT2D eigenvalue weighted by molar-refractivity contribution is 0.0751. The van der Waals surface area contributed by atoms with Crippen LogP contribution in [0.3, 0.4) is 0 Å². The van der Waals surface area contributed by atoms with Crippen LogP contribution in [-0.4, -0.2) is 37.7 Å². The normalized spacial score (nSPS) is 21.3. The molecule has 6 nitrogen and oxygen atoms in total. The van der Waals surface area contributed by atoms with Crippen molar-refractivity contribution in [1.29, 1.82) is 0 Å². The third kappa shape index (κ3) is 3.35. The standard InChI is InChI=1S/C19H23N5O/c25-18-6-5-17(14-1-2-14)22-24(18)11-13-9-23(10-13)12-16-7-8-20-19(21-16)15-3-4-15/h5-8,13-15H,1-4,9-12H2. The average molecular weight is 337 g/mol. The Morgan fingerprint density at radius 2 is 1.84 bits per heavy atom. The molecule has 2 aromatic rings. The molecule has 3 aliphatic rings. The first kappa shape index (κ1) is 15.2. The molecule has 2 aliphatic carbocycles. The Balaban J connectivity index is 1.17. The van der Waals surface area contributed by atoms with Gasteiger partial charge in [-0.1, -0.05) is 0 Å². The first-order valence-electron chi connectivity index (χ1n) is 9.37. The molecule has 0 spiro atoms. The lowest BCUT2D eigenvalue weighted by Gasteiger charge is -2.39. The van der Waals surface area contributed by atoms with Gasteiger partial charge in [-0.2, -0.15) is 5.10 Å². The van der Waals surface area contributed by atoms with Crippen LogP contribution in [0.1, 0.15) is 54.7 Å². The van der Waals surface area contributed by atoms with Crippen LogP contribution in [0.15, 0.2) is 29.2 Å². The highest BCUT2D eigenvalue weighted by molar-refractivity contribution is 5.13. The van der Waals surface area contributed by atoms with Crippen LogP contribution in [-0.2, 0) is 13.1 Å². The van der Waals surface area contributed by atoms with Gasteiger partial charge in [-0.15, -0.1) is 0 Å². The van der Waals surface area contributed by atoms with Crippen molar-refractivity contribution in [2.75, 3.05) is 13.1 Å². The molecule has 2 aromatic heterocycles. The van der Waals surface area contributed by atoms with Crippen LogP contribution >= 0.6 is 0 Å². The molecule has 130 valence electrons. The summed E-state index contributed by atoms with van der Waals surface area (Å²) in [4.78, 5) is 23.5. The maximum atomic E-state index is 12.0. The van der Waals surface area contributed by atoms with E-state index in [2.05, 4.69) is 15.0 Å². The molecule has 0 radical (unpaired) electrons. The number of rotatable bonds is 6. The lowest BCUT2D eigenvalue weighted by atomic mass is 10.00. The van der Waals surface area contributed by atoms with E-state index in [9.17, 15) is 4.79 Å². The molecule has 0 amide bonds. The molecule has 0 N–H and O–H groups in total. The Labute approximate surface area is 146 Å². The van der Waals surface area contributed by atoms with Gasteiger partial charge in [-0.25, -0.2) is 14.6 Å². The van der Waals surface area contributed by atoms with Crippen molar-refractivity contribution in [1.82, 2.24) is 24.6 Å². The van der Waals surface area contributed by atoms with Crippen LogP contribution in [0, 0.1) is 5.92 Å². The van der Waals surface area contributed by atoms with Gasteiger partial charge in [-0.3, -0.25) is 9.69 Å². The van der Waals surface area contributed by atoms with E-state index in [-0.39, 0.29) is 5.56 Å². The van der Waals surface area contributed by atoms with E-state index in [4.69, 9.17) is 4.98 Å². The molecule has 5 rings (SSSR count). The van der Waals surface area contributed by atoms with E-state index in [1.54, 1.807) is 10.7 Å². The Morgan fingerprint density at radius 3 is 2.60 bits per heavy atom. The van der Waals surface area contributed by atoms with Crippen LogP contribution in [0.5, 0.6) is 0 Å². The van der Waals surface area contributed by atoms with Gasteiger partial charge in [0, 0.05) is 49.7 Å². The molecule has 0 aromatic carbocycles. The molecule has 1 saturated heterocycles. The van der Waals surface area contributed by atoms with Crippen molar-refractivity contribution >= 4 is 0 Å². The quantitative estimate of drug-likeness (QED) is 0.806. The minimum atomic E-state index is 0.0210. The van der Waals surface area contributed by atoms with Gasteiger partial charge in [-0.05, 0) is 37.8 Å². The van der Waals surface area contributed by atoms with Gasteiger partial charge in [0.05, 0.1) is 17.9 Å². The molecule has 2 saturated carbocycles. The topological polar surface area (TPSA) is 63.9 Å². The number of aromatic nitrogens is 4. The van der Waals surface area contributed by atoms with Crippen LogP contribution < -0.4 is 5.56 Å². The molecular weight excluding hydrogens is 314 g/mol. The van der Waals surface area contributed by atoms with Crippen molar-refractivity contribution in [2.45, 2.75) is 50.6 Å². The molecule has 3 heterocycles. The number of hydrogen-bond acceptors (Lipinski definition) is 5. The zero-order chi connectivity index (χ0) is 16.8. The first-order valence-corrected chi connectivity index (χ1v) is 9.37. The summed E-state index contributed by atoms with van der Waals surface area (Å²) in [7, 11) is 0. The minimum Gasteiger partial charge on any atom is -0.297 e. The lowest BCUT2D eigenvalue weighted by Crippen LogP contribution is -2.49. The van der Waals surface area contributed by atoms with Gasteiger partial charge >= 0.3 is 0 Å². The smallest absolute Gasteiger partial charge is 0.266 e. The minimum absolute atomic E-state index is 0.0210. The van der Waals surface area contributed by atoms with Crippen LogP contribution in [0.2, 0.25) is 0 Å². The van der Waals surface area contributed by atoms with Crippen LogP contribution in [0.4, 0.5) is 0 Å². The van der Waals surface area contributed by atoms with Gasteiger partial charge < -0.3 is 0 Å². The molecule has 6 heteroatoms. The molecule has 25 heavy (non-hydrogen) atoms. The molecule has 0 unspecified atom stereocenters. The fourth-order valence-electron chi connectivity index (χ4n) is 3.63. The second kappa shape index (κ2) is 6.02. The zero-order valence-corrected chi connectivity index (χ0v) is 14.3. The summed E-state index contributed by atoms with van der Waals surface area (Å²) in [6, 6.07) is 5.60. The number of hydrogen-bond donors (Lipinski definition) is 0. The predicted octanol–water partition coefficient (Wildman–Crippen LogP) is 1.92. The Kier molecular flexibility index (Phi) is 3.66. The number of likely N-dealkylation sites (tertiary alicyclic amines) is 1. The van der Waals surface area contributed by atoms with E-state index >= 15 is 0 Å². The maximum absolute atomic E-state index is 12.0. The highest BCUT2D eigenvalue weighted by atomic mass is 16.1. The molecular formula is C19H23N5O. The van der Waals surface area contributed by atoms with E-state index in [0.29, 0.717) is 17.8 Å². The maximum Gasteiger partial charge on any atom is 0.266 e. The third-order valence-electron chi connectivity index (χ3n) is 5.41. The van der Waals surface area contributed by atoms with Crippen LogP contribution in [0.25, 0.3) is 0 Å². The summed E-state index contributed by atoms with van der Waals surface area (Å²) in [5.74, 6) is 2.70. The summed E-state index contributed by atoms with van der Waals surface area (Å²) >= 11 is 0. The average Bonchev–Trinajstić information content (AvgIpc) is 3.47. The van der Waals surface area contributed by atoms with E-state index < -0.39 is 0 Å². The molecule has 1 aliphatic heterocycles. The third-order valence-corrected chi connectivity index (χ3v) is 5.41. The summed E-state index contributed by atoms with van der Waals surface area (Å²) < 4.78 is 1.67. The SMILES string of the molecule is O=c1ccc(C2CC2)nn1CC1CN(Cc2ccnc(C3CC3)n2)C1. The molecule has 0 atom stereocenters. The number of nitrogens with zero attached hydrogens (tertiary/aromatic N) is 5. The van der Waals surface area contributed by atoms with Gasteiger partial charge in [0.1, 0.15) is 5.82 Å². The predicted molar refractivity (Wildman–Crippen MR) is 93.2 cm³/mol. The highest BCUT2D eigenvalue weighted by Crippen LogP contribution is 2.38. The Bertz CT molecular complexity index is 834. The largest absolute Gasteiger partial charge is 0.297 e. The van der Waals surface area contributed by atoms with Crippen molar-refractivity contribution < 1.29 is 0 Å². The summed E-state index contributed by atoms with van der Waals surface area (Å²) in [5.41, 5.74) is 2.22.